The summed E-state index contributed by atoms with van der Waals surface area (Å²) in [6.45, 7) is 0. The Kier molecular flexibility index (Phi) is 2.21. The van der Waals surface area contributed by atoms with E-state index in [0.717, 1.165) is 5.56 Å². The van der Waals surface area contributed by atoms with Crippen LogP contribution in [-0.4, -0.2) is 11.8 Å². The topological polar surface area (TPSA) is 52.6 Å². The minimum Gasteiger partial charge on any atom is -0.483 e. The fraction of sp³-hybridized carbons (Fsp3) is 0.125. The molecule has 2 aromatic carbocycles. The molecule has 0 aliphatic carbocycles. The lowest BCUT2D eigenvalue weighted by Gasteiger charge is -2.35. The molecule has 2 heterocycles. The van der Waals surface area contributed by atoms with Crippen LogP contribution in [0.1, 0.15) is 22.0 Å². The number of ketones is 1. The van der Waals surface area contributed by atoms with Gasteiger partial charge >= 0.3 is 5.97 Å². The van der Waals surface area contributed by atoms with Gasteiger partial charge in [-0.2, -0.15) is 0 Å². The standard InChI is InChI=1S/C16H10O4/c17-14-9-5-1-3-7-11(9)19-15-10-6-2-4-8-12(10)20-16(18)13(14)15/h1-8,13,15H/t13-,15-/m1/s1. The molecule has 0 saturated carbocycles. The number of hydrogen-bond acceptors (Lipinski definition) is 4. The molecule has 20 heavy (non-hydrogen) atoms. The average molecular weight is 266 g/mol. The molecule has 4 nitrogen and oxygen atoms in total. The van der Waals surface area contributed by atoms with Crippen molar-refractivity contribution in [1.82, 2.24) is 0 Å². The van der Waals surface area contributed by atoms with Gasteiger partial charge in [-0.25, -0.2) is 0 Å². The van der Waals surface area contributed by atoms with Gasteiger partial charge in [0, 0.05) is 5.56 Å². The quantitative estimate of drug-likeness (QED) is 0.418. The summed E-state index contributed by atoms with van der Waals surface area (Å²) in [7, 11) is 0. The van der Waals surface area contributed by atoms with Crippen molar-refractivity contribution in [3.8, 4) is 11.5 Å². The maximum absolute atomic E-state index is 12.5. The van der Waals surface area contributed by atoms with Crippen LogP contribution in [0.2, 0.25) is 0 Å². The van der Waals surface area contributed by atoms with Crippen LogP contribution in [0.3, 0.4) is 0 Å². The Bertz CT molecular complexity index is 735. The molecule has 0 N–H and O–H groups in total. The number of rotatable bonds is 0. The predicted octanol–water partition coefficient (Wildman–Crippen LogP) is 2.54. The highest BCUT2D eigenvalue weighted by Crippen LogP contribution is 2.44. The maximum Gasteiger partial charge on any atom is 0.326 e. The fourth-order valence-electron chi connectivity index (χ4n) is 2.74. The first kappa shape index (κ1) is 11.2. The molecular weight excluding hydrogens is 256 g/mol. The van der Waals surface area contributed by atoms with Crippen molar-refractivity contribution >= 4 is 11.8 Å². The number of carbonyl (C=O) groups is 2. The second-order valence-electron chi connectivity index (χ2n) is 4.84. The Balaban J connectivity index is 1.91. The first-order valence-corrected chi connectivity index (χ1v) is 6.36. The van der Waals surface area contributed by atoms with Gasteiger partial charge in [0.15, 0.2) is 11.7 Å². The Hall–Kier alpha value is -2.62. The number of fused-ring (bicyclic) bond motifs is 4. The zero-order valence-corrected chi connectivity index (χ0v) is 10.4. The van der Waals surface area contributed by atoms with E-state index in [1.54, 1.807) is 36.4 Å². The Morgan fingerprint density at radius 1 is 0.850 bits per heavy atom. The van der Waals surface area contributed by atoms with Gasteiger partial charge < -0.3 is 9.47 Å². The zero-order valence-electron chi connectivity index (χ0n) is 10.4. The second kappa shape index (κ2) is 3.93. The summed E-state index contributed by atoms with van der Waals surface area (Å²) >= 11 is 0. The summed E-state index contributed by atoms with van der Waals surface area (Å²) < 4.78 is 11.1. The molecule has 0 radical (unpaired) electrons. The van der Waals surface area contributed by atoms with E-state index >= 15 is 0 Å². The normalized spacial score (nSPS) is 23.0. The number of benzene rings is 2. The summed E-state index contributed by atoms with van der Waals surface area (Å²) in [4.78, 5) is 24.6. The highest BCUT2D eigenvalue weighted by Gasteiger charge is 2.48. The highest BCUT2D eigenvalue weighted by atomic mass is 16.6. The number of para-hydroxylation sites is 2. The van der Waals surface area contributed by atoms with Crippen LogP contribution >= 0.6 is 0 Å². The van der Waals surface area contributed by atoms with Crippen molar-refractivity contribution in [3.63, 3.8) is 0 Å². The SMILES string of the molecule is O=C1Oc2ccccc2[C@H]2Oc3ccccc3C(=O)[C@@H]12. The largest absolute Gasteiger partial charge is 0.483 e. The third kappa shape index (κ3) is 1.42. The average Bonchev–Trinajstić information content (AvgIpc) is 2.47. The van der Waals surface area contributed by atoms with Gasteiger partial charge in [0.1, 0.15) is 17.6 Å². The molecule has 2 atom stereocenters. The van der Waals surface area contributed by atoms with Gasteiger partial charge in [0.05, 0.1) is 5.56 Å². The van der Waals surface area contributed by atoms with Crippen molar-refractivity contribution in [2.75, 3.05) is 0 Å². The Morgan fingerprint density at radius 2 is 1.55 bits per heavy atom. The van der Waals surface area contributed by atoms with Crippen molar-refractivity contribution in [2.24, 2.45) is 5.92 Å². The fourth-order valence-corrected chi connectivity index (χ4v) is 2.74. The van der Waals surface area contributed by atoms with Gasteiger partial charge in [-0.3, -0.25) is 9.59 Å². The third-order valence-electron chi connectivity index (χ3n) is 3.68. The molecule has 0 aromatic heterocycles. The number of carbonyl (C=O) groups excluding carboxylic acids is 2. The van der Waals surface area contributed by atoms with Gasteiger partial charge in [-0.05, 0) is 18.2 Å². The molecule has 0 unspecified atom stereocenters. The lowest BCUT2D eigenvalue weighted by atomic mass is 9.84. The minimum atomic E-state index is -0.917. The monoisotopic (exact) mass is 266 g/mol. The second-order valence-corrected chi connectivity index (χ2v) is 4.84. The first-order chi connectivity index (χ1) is 9.75. The third-order valence-corrected chi connectivity index (χ3v) is 3.68. The van der Waals surface area contributed by atoms with Crippen molar-refractivity contribution in [3.05, 3.63) is 59.7 Å². The molecule has 0 saturated heterocycles. The van der Waals surface area contributed by atoms with Crippen LogP contribution in [-0.2, 0) is 4.79 Å². The smallest absolute Gasteiger partial charge is 0.326 e. The molecule has 0 amide bonds. The molecule has 4 rings (SSSR count). The number of Topliss-reactive ketones (excluding diaryl/α,β-unsaturated/α-hetero) is 1. The summed E-state index contributed by atoms with van der Waals surface area (Å²) in [5.74, 6) is -0.724. The number of ether oxygens (including phenoxy) is 2. The van der Waals surface area contributed by atoms with Crippen molar-refractivity contribution in [1.29, 1.82) is 0 Å². The minimum absolute atomic E-state index is 0.239. The predicted molar refractivity (Wildman–Crippen MR) is 69.7 cm³/mol. The van der Waals surface area contributed by atoms with Crippen molar-refractivity contribution in [2.45, 2.75) is 6.10 Å². The number of hydrogen-bond donors (Lipinski definition) is 0. The lowest BCUT2D eigenvalue weighted by Crippen LogP contribution is -2.42. The zero-order chi connectivity index (χ0) is 13.7. The molecular formula is C16H10O4. The van der Waals surface area contributed by atoms with E-state index in [1.165, 1.54) is 0 Å². The lowest BCUT2D eigenvalue weighted by molar-refractivity contribution is -0.142. The van der Waals surface area contributed by atoms with Crippen LogP contribution in [0, 0.1) is 5.92 Å². The number of esters is 1. The van der Waals surface area contributed by atoms with Gasteiger partial charge in [-0.1, -0.05) is 30.3 Å². The summed E-state index contributed by atoms with van der Waals surface area (Å²) in [6.07, 6.45) is -0.602. The molecule has 2 aliphatic rings. The first-order valence-electron chi connectivity index (χ1n) is 6.36. The summed E-state index contributed by atoms with van der Waals surface area (Å²) in [6, 6.07) is 14.1. The Labute approximate surface area is 114 Å². The van der Waals surface area contributed by atoms with E-state index in [9.17, 15) is 9.59 Å². The molecule has 4 heteroatoms. The van der Waals surface area contributed by atoms with Gasteiger partial charge in [0.25, 0.3) is 0 Å². The molecule has 98 valence electrons. The highest BCUT2D eigenvalue weighted by molar-refractivity contribution is 6.12. The van der Waals surface area contributed by atoms with E-state index in [1.807, 2.05) is 12.1 Å². The van der Waals surface area contributed by atoms with Gasteiger partial charge in [-0.15, -0.1) is 0 Å². The van der Waals surface area contributed by atoms with Crippen LogP contribution in [0.4, 0.5) is 0 Å². The van der Waals surface area contributed by atoms with Crippen LogP contribution in [0.5, 0.6) is 11.5 Å². The van der Waals surface area contributed by atoms with E-state index in [0.29, 0.717) is 17.1 Å². The van der Waals surface area contributed by atoms with Crippen molar-refractivity contribution < 1.29 is 19.1 Å². The van der Waals surface area contributed by atoms with E-state index < -0.39 is 18.0 Å². The van der Waals surface area contributed by atoms with E-state index in [-0.39, 0.29) is 5.78 Å². The van der Waals surface area contributed by atoms with Crippen LogP contribution < -0.4 is 9.47 Å². The van der Waals surface area contributed by atoms with E-state index in [2.05, 4.69) is 0 Å². The molecule has 0 fully saturated rings. The molecule has 2 aromatic rings. The summed E-state index contributed by atoms with van der Waals surface area (Å²) in [5, 5.41) is 0. The van der Waals surface area contributed by atoms with E-state index in [4.69, 9.17) is 9.47 Å². The van der Waals surface area contributed by atoms with Gasteiger partial charge in [0.2, 0.25) is 0 Å². The molecule has 2 aliphatic heterocycles. The molecule has 0 bridgehead atoms. The Morgan fingerprint density at radius 3 is 2.40 bits per heavy atom. The summed E-state index contributed by atoms with van der Waals surface area (Å²) in [5.41, 5.74) is 1.17. The molecule has 0 spiro atoms. The maximum atomic E-state index is 12.5. The van der Waals surface area contributed by atoms with Crippen LogP contribution in [0.15, 0.2) is 48.5 Å². The van der Waals surface area contributed by atoms with Crippen LogP contribution in [0.25, 0.3) is 0 Å².